The predicted molar refractivity (Wildman–Crippen MR) is 66.1 cm³/mol. The molecule has 1 N–H and O–H groups in total. The predicted octanol–water partition coefficient (Wildman–Crippen LogP) is 4.88. The van der Waals surface area contributed by atoms with Crippen molar-refractivity contribution in [2.24, 2.45) is 0 Å². The van der Waals surface area contributed by atoms with E-state index in [4.69, 9.17) is 23.2 Å². The molecular weight excluding hydrogens is 248 g/mol. The van der Waals surface area contributed by atoms with Crippen LogP contribution in [0.4, 0.5) is 15.8 Å². The second kappa shape index (κ2) is 4.73. The largest absolute Gasteiger partial charge is 0.355 e. The van der Waals surface area contributed by atoms with E-state index in [2.05, 4.69) is 5.32 Å². The number of rotatable bonds is 2. The van der Waals surface area contributed by atoms with Crippen molar-refractivity contribution in [2.45, 2.75) is 0 Å². The molecule has 0 spiro atoms. The van der Waals surface area contributed by atoms with Crippen LogP contribution in [0.15, 0.2) is 42.5 Å². The molecule has 82 valence electrons. The van der Waals surface area contributed by atoms with E-state index in [9.17, 15) is 4.39 Å². The summed E-state index contributed by atoms with van der Waals surface area (Å²) in [5.74, 6) is -0.269. The van der Waals surface area contributed by atoms with Crippen LogP contribution in [-0.2, 0) is 0 Å². The van der Waals surface area contributed by atoms with Crippen molar-refractivity contribution in [3.8, 4) is 0 Å². The minimum Gasteiger partial charge on any atom is -0.355 e. The van der Waals surface area contributed by atoms with Crippen LogP contribution in [0.1, 0.15) is 0 Å². The molecule has 16 heavy (non-hydrogen) atoms. The molecule has 2 rings (SSSR count). The Bertz CT molecular complexity index is 477. The number of anilines is 2. The van der Waals surface area contributed by atoms with E-state index in [0.717, 1.165) is 11.4 Å². The summed E-state index contributed by atoms with van der Waals surface area (Å²) in [5.41, 5.74) is 1.55. The fraction of sp³-hybridized carbons (Fsp3) is 0. The van der Waals surface area contributed by atoms with E-state index in [1.54, 1.807) is 30.3 Å². The Morgan fingerprint density at radius 1 is 0.812 bits per heavy atom. The summed E-state index contributed by atoms with van der Waals surface area (Å²) < 4.78 is 12.7. The molecule has 0 aromatic heterocycles. The number of benzene rings is 2. The van der Waals surface area contributed by atoms with Gasteiger partial charge in [-0.3, -0.25) is 0 Å². The molecule has 2 aromatic rings. The molecule has 1 nitrogen and oxygen atoms in total. The van der Waals surface area contributed by atoms with Crippen molar-refractivity contribution >= 4 is 34.6 Å². The minimum absolute atomic E-state index is 0.269. The highest BCUT2D eigenvalue weighted by Gasteiger charge is 1.99. The lowest BCUT2D eigenvalue weighted by molar-refractivity contribution is 0.628. The van der Waals surface area contributed by atoms with Gasteiger partial charge < -0.3 is 5.32 Å². The summed E-state index contributed by atoms with van der Waals surface area (Å²) in [6, 6.07) is 11.2. The van der Waals surface area contributed by atoms with Crippen molar-refractivity contribution in [2.75, 3.05) is 5.32 Å². The number of hydrogen-bond acceptors (Lipinski definition) is 1. The number of halogens is 3. The lowest BCUT2D eigenvalue weighted by atomic mass is 10.2. The molecule has 4 heteroatoms. The van der Waals surface area contributed by atoms with Gasteiger partial charge in [-0.25, -0.2) is 4.39 Å². The normalized spacial score (nSPS) is 10.2. The van der Waals surface area contributed by atoms with Gasteiger partial charge in [0.2, 0.25) is 0 Å². The number of hydrogen-bond donors (Lipinski definition) is 1. The Kier molecular flexibility index (Phi) is 3.32. The second-order valence-electron chi connectivity index (χ2n) is 3.29. The van der Waals surface area contributed by atoms with Gasteiger partial charge in [0.05, 0.1) is 0 Å². The van der Waals surface area contributed by atoms with Gasteiger partial charge >= 0.3 is 0 Å². The Morgan fingerprint density at radius 2 is 1.38 bits per heavy atom. The molecule has 0 aliphatic heterocycles. The van der Waals surface area contributed by atoms with E-state index >= 15 is 0 Å². The third-order valence-electron chi connectivity index (χ3n) is 2.00. The molecule has 0 aliphatic carbocycles. The molecule has 0 aliphatic rings. The molecular formula is C12H8Cl2FN. The third-order valence-corrected chi connectivity index (χ3v) is 2.43. The van der Waals surface area contributed by atoms with Crippen LogP contribution in [-0.4, -0.2) is 0 Å². The van der Waals surface area contributed by atoms with Gasteiger partial charge in [0.15, 0.2) is 0 Å². The van der Waals surface area contributed by atoms with Crippen LogP contribution >= 0.6 is 23.2 Å². The Hall–Kier alpha value is -1.25. The SMILES string of the molecule is Fc1ccc(Nc2cc(Cl)cc(Cl)c2)cc1. The maximum Gasteiger partial charge on any atom is 0.123 e. The lowest BCUT2D eigenvalue weighted by Gasteiger charge is -2.07. The molecule has 0 saturated carbocycles. The number of nitrogens with one attached hydrogen (secondary N) is 1. The first kappa shape index (κ1) is 11.2. The van der Waals surface area contributed by atoms with E-state index in [1.807, 2.05) is 0 Å². The molecule has 0 unspecified atom stereocenters. The topological polar surface area (TPSA) is 12.0 Å². The van der Waals surface area contributed by atoms with Crippen LogP contribution in [0.5, 0.6) is 0 Å². The summed E-state index contributed by atoms with van der Waals surface area (Å²) in [7, 11) is 0. The van der Waals surface area contributed by atoms with Gasteiger partial charge in [-0.2, -0.15) is 0 Å². The average molecular weight is 256 g/mol. The fourth-order valence-electron chi connectivity index (χ4n) is 1.33. The van der Waals surface area contributed by atoms with E-state index in [0.29, 0.717) is 10.0 Å². The smallest absolute Gasteiger partial charge is 0.123 e. The van der Waals surface area contributed by atoms with Crippen LogP contribution in [0, 0.1) is 5.82 Å². The molecule has 2 aromatic carbocycles. The molecule has 0 atom stereocenters. The summed E-state index contributed by atoms with van der Waals surface area (Å²) in [6.45, 7) is 0. The van der Waals surface area contributed by atoms with Crippen molar-refractivity contribution < 1.29 is 4.39 Å². The van der Waals surface area contributed by atoms with Crippen LogP contribution in [0.25, 0.3) is 0 Å². The van der Waals surface area contributed by atoms with Gasteiger partial charge in [0, 0.05) is 21.4 Å². The first-order valence-electron chi connectivity index (χ1n) is 4.62. The zero-order valence-electron chi connectivity index (χ0n) is 8.18. The summed E-state index contributed by atoms with van der Waals surface area (Å²) in [5, 5.41) is 4.18. The van der Waals surface area contributed by atoms with Gasteiger partial charge in [-0.05, 0) is 42.5 Å². The van der Waals surface area contributed by atoms with E-state index < -0.39 is 0 Å². The summed E-state index contributed by atoms with van der Waals surface area (Å²) in [4.78, 5) is 0. The average Bonchev–Trinajstić information content (AvgIpc) is 2.20. The van der Waals surface area contributed by atoms with Crippen molar-refractivity contribution in [3.63, 3.8) is 0 Å². The zero-order chi connectivity index (χ0) is 11.5. The van der Waals surface area contributed by atoms with Crippen molar-refractivity contribution in [1.82, 2.24) is 0 Å². The molecule has 0 saturated heterocycles. The highest BCUT2D eigenvalue weighted by atomic mass is 35.5. The first-order chi connectivity index (χ1) is 7.63. The molecule has 0 fully saturated rings. The van der Waals surface area contributed by atoms with E-state index in [-0.39, 0.29) is 5.82 Å². The van der Waals surface area contributed by atoms with Crippen LogP contribution < -0.4 is 5.32 Å². The maximum absolute atomic E-state index is 12.7. The van der Waals surface area contributed by atoms with Gasteiger partial charge in [0.1, 0.15) is 5.82 Å². The first-order valence-corrected chi connectivity index (χ1v) is 5.38. The Balaban J connectivity index is 2.23. The molecule has 0 radical (unpaired) electrons. The third kappa shape index (κ3) is 2.87. The van der Waals surface area contributed by atoms with Gasteiger partial charge in [-0.1, -0.05) is 23.2 Å². The molecule has 0 amide bonds. The quantitative estimate of drug-likeness (QED) is 0.807. The van der Waals surface area contributed by atoms with Crippen molar-refractivity contribution in [1.29, 1.82) is 0 Å². The van der Waals surface area contributed by atoms with Crippen molar-refractivity contribution in [3.05, 3.63) is 58.3 Å². The maximum atomic E-state index is 12.7. The van der Waals surface area contributed by atoms with Gasteiger partial charge in [-0.15, -0.1) is 0 Å². The highest BCUT2D eigenvalue weighted by molar-refractivity contribution is 6.35. The Labute approximate surface area is 103 Å². The monoisotopic (exact) mass is 255 g/mol. The standard InChI is InChI=1S/C12H8Cl2FN/c13-8-5-9(14)7-12(6-8)16-11-3-1-10(15)2-4-11/h1-7,16H. The molecule has 0 bridgehead atoms. The summed E-state index contributed by atoms with van der Waals surface area (Å²) in [6.07, 6.45) is 0. The fourth-order valence-corrected chi connectivity index (χ4v) is 1.85. The van der Waals surface area contributed by atoms with Crippen LogP contribution in [0.2, 0.25) is 10.0 Å². The summed E-state index contributed by atoms with van der Waals surface area (Å²) >= 11 is 11.7. The zero-order valence-corrected chi connectivity index (χ0v) is 9.69. The lowest BCUT2D eigenvalue weighted by Crippen LogP contribution is -1.90. The Morgan fingerprint density at radius 3 is 1.94 bits per heavy atom. The second-order valence-corrected chi connectivity index (χ2v) is 4.16. The highest BCUT2D eigenvalue weighted by Crippen LogP contribution is 2.25. The van der Waals surface area contributed by atoms with E-state index in [1.165, 1.54) is 12.1 Å². The molecule has 0 heterocycles. The van der Waals surface area contributed by atoms with Gasteiger partial charge in [0.25, 0.3) is 0 Å². The van der Waals surface area contributed by atoms with Crippen LogP contribution in [0.3, 0.4) is 0 Å². The minimum atomic E-state index is -0.269.